The highest BCUT2D eigenvalue weighted by Crippen LogP contribution is 2.48. The van der Waals surface area contributed by atoms with Gasteiger partial charge in [-0.15, -0.1) is 0 Å². The summed E-state index contributed by atoms with van der Waals surface area (Å²) in [6.45, 7) is 2.23. The summed E-state index contributed by atoms with van der Waals surface area (Å²) in [5.41, 5.74) is 17.8. The van der Waals surface area contributed by atoms with Crippen molar-refractivity contribution in [2.24, 2.45) is 5.92 Å². The summed E-state index contributed by atoms with van der Waals surface area (Å²) < 4.78 is 31.0. The lowest BCUT2D eigenvalue weighted by Gasteiger charge is -2.41. The van der Waals surface area contributed by atoms with E-state index in [0.29, 0.717) is 41.3 Å². The van der Waals surface area contributed by atoms with Gasteiger partial charge in [0.25, 0.3) is 0 Å². The largest absolute Gasteiger partial charge is 0.399 e. The summed E-state index contributed by atoms with van der Waals surface area (Å²) in [6.07, 6.45) is 6.04. The van der Waals surface area contributed by atoms with Crippen molar-refractivity contribution in [1.29, 1.82) is 0 Å². The predicted molar refractivity (Wildman–Crippen MR) is 153 cm³/mol. The van der Waals surface area contributed by atoms with Crippen molar-refractivity contribution in [3.8, 4) is 0 Å². The van der Waals surface area contributed by atoms with Crippen molar-refractivity contribution in [1.82, 2.24) is 0 Å². The van der Waals surface area contributed by atoms with Crippen LogP contribution < -0.4 is 11.5 Å². The molecule has 1 aliphatic carbocycles. The molecule has 4 heteroatoms. The third-order valence-corrected chi connectivity index (χ3v) is 8.50. The average Bonchev–Trinajstić information content (AvgIpc) is 2.93. The van der Waals surface area contributed by atoms with Crippen molar-refractivity contribution in [3.05, 3.63) is 130 Å². The Bertz CT molecular complexity index is 1290. The van der Waals surface area contributed by atoms with Crippen LogP contribution in [0, 0.1) is 17.6 Å². The molecule has 1 fully saturated rings. The lowest BCUT2D eigenvalue weighted by molar-refractivity contribution is 0.259. The number of hydrogen-bond donors (Lipinski definition) is 2. The Morgan fingerprint density at radius 1 is 0.658 bits per heavy atom. The van der Waals surface area contributed by atoms with Crippen molar-refractivity contribution in [3.63, 3.8) is 0 Å². The zero-order valence-electron chi connectivity index (χ0n) is 22.0. The second kappa shape index (κ2) is 11.0. The van der Waals surface area contributed by atoms with Gasteiger partial charge in [-0.3, -0.25) is 0 Å². The summed E-state index contributed by atoms with van der Waals surface area (Å²) in [7, 11) is 0. The van der Waals surface area contributed by atoms with Gasteiger partial charge in [-0.05, 0) is 101 Å². The molecule has 2 nitrogen and oxygen atoms in total. The molecular weight excluding hydrogens is 474 g/mol. The summed E-state index contributed by atoms with van der Waals surface area (Å²) in [6, 6.07) is 26.4. The molecule has 1 saturated carbocycles. The van der Waals surface area contributed by atoms with E-state index in [1.807, 2.05) is 60.7 Å². The number of nitrogens with two attached hydrogens (primary N) is 2. The minimum atomic E-state index is -0.396. The van der Waals surface area contributed by atoms with Gasteiger partial charge in [0.1, 0.15) is 11.6 Å². The number of benzene rings is 4. The van der Waals surface area contributed by atoms with Crippen LogP contribution >= 0.6 is 0 Å². The van der Waals surface area contributed by atoms with Gasteiger partial charge in [-0.1, -0.05) is 61.9 Å². The zero-order chi connectivity index (χ0) is 26.7. The van der Waals surface area contributed by atoms with Crippen LogP contribution in [0.25, 0.3) is 0 Å². The minimum Gasteiger partial charge on any atom is -0.399 e. The summed E-state index contributed by atoms with van der Waals surface area (Å²) in [4.78, 5) is 0. The summed E-state index contributed by atoms with van der Waals surface area (Å²) in [5.74, 6) is 0.237. The van der Waals surface area contributed by atoms with Crippen molar-refractivity contribution in [2.45, 2.75) is 57.3 Å². The van der Waals surface area contributed by atoms with Gasteiger partial charge in [-0.2, -0.15) is 0 Å². The van der Waals surface area contributed by atoms with E-state index in [1.54, 1.807) is 12.1 Å². The minimum absolute atomic E-state index is 0.211. The number of halogens is 2. The highest BCUT2D eigenvalue weighted by molar-refractivity contribution is 5.46. The highest BCUT2D eigenvalue weighted by Gasteiger charge is 2.39. The van der Waals surface area contributed by atoms with Crippen LogP contribution in [0.4, 0.5) is 20.2 Å². The lowest BCUT2D eigenvalue weighted by Crippen LogP contribution is -2.33. The molecule has 0 unspecified atom stereocenters. The smallest absolute Gasteiger partial charge is 0.127 e. The molecule has 0 amide bonds. The molecule has 0 heterocycles. The van der Waals surface area contributed by atoms with E-state index in [1.165, 1.54) is 0 Å². The molecule has 1 aliphatic rings. The van der Waals surface area contributed by atoms with Crippen LogP contribution in [0.15, 0.2) is 84.9 Å². The zero-order valence-corrected chi connectivity index (χ0v) is 22.0. The van der Waals surface area contributed by atoms with Crippen LogP contribution in [-0.2, 0) is 18.3 Å². The van der Waals surface area contributed by atoms with Gasteiger partial charge in [0, 0.05) is 29.6 Å². The topological polar surface area (TPSA) is 52.0 Å². The van der Waals surface area contributed by atoms with E-state index in [-0.39, 0.29) is 11.6 Å². The molecular formula is C34H36F2N2. The Balaban J connectivity index is 1.47. The third kappa shape index (κ3) is 5.45. The van der Waals surface area contributed by atoms with Crippen LogP contribution in [0.2, 0.25) is 0 Å². The number of hydrogen-bond acceptors (Lipinski definition) is 2. The SMILES string of the molecule is CCC1CCC(c2ccc(Cc3ccc(N)cc3)c(F)c2)(c2ccc(Cc3ccc(N)cc3)c(F)c2)CC1. The van der Waals surface area contributed by atoms with Crippen molar-refractivity contribution >= 4 is 11.4 Å². The maximum atomic E-state index is 15.5. The molecule has 5 rings (SSSR count). The van der Waals surface area contributed by atoms with E-state index in [0.717, 1.165) is 54.4 Å². The van der Waals surface area contributed by atoms with E-state index in [9.17, 15) is 0 Å². The molecule has 0 radical (unpaired) electrons. The van der Waals surface area contributed by atoms with E-state index in [2.05, 4.69) is 19.1 Å². The first kappa shape index (κ1) is 26.0. The first-order valence-corrected chi connectivity index (χ1v) is 13.6. The normalized spacial score (nSPS) is 15.4. The van der Waals surface area contributed by atoms with Gasteiger partial charge in [0.05, 0.1) is 0 Å². The Labute approximate surface area is 224 Å². The van der Waals surface area contributed by atoms with Gasteiger partial charge in [-0.25, -0.2) is 8.78 Å². The Hall–Kier alpha value is -3.66. The second-order valence-electron chi connectivity index (χ2n) is 10.9. The van der Waals surface area contributed by atoms with Crippen molar-refractivity contribution in [2.75, 3.05) is 11.5 Å². The molecule has 4 N–H and O–H groups in total. The molecule has 4 aromatic rings. The molecule has 0 bridgehead atoms. The van der Waals surface area contributed by atoms with E-state index < -0.39 is 5.41 Å². The summed E-state index contributed by atoms with van der Waals surface area (Å²) in [5, 5.41) is 0. The second-order valence-corrected chi connectivity index (χ2v) is 10.9. The van der Waals surface area contributed by atoms with Gasteiger partial charge in [0.2, 0.25) is 0 Å². The molecule has 0 spiro atoms. The van der Waals surface area contributed by atoms with E-state index in [4.69, 9.17) is 11.5 Å². The maximum absolute atomic E-state index is 15.5. The first-order valence-electron chi connectivity index (χ1n) is 13.6. The molecule has 0 atom stereocenters. The highest BCUT2D eigenvalue weighted by atomic mass is 19.1. The molecule has 0 saturated heterocycles. The standard InChI is InChI=1S/C34H36F2N2/c1-2-23-15-17-34(18-16-23,28-9-7-26(32(35)21-28)19-24-3-11-30(37)12-4-24)29-10-8-27(33(36)22-29)20-25-5-13-31(38)14-6-25/h3-14,21-23H,2,15-20,37-38H2,1H3. The molecule has 38 heavy (non-hydrogen) atoms. The quantitative estimate of drug-likeness (QED) is 0.246. The molecule has 0 aliphatic heterocycles. The molecule has 4 aromatic carbocycles. The van der Waals surface area contributed by atoms with Crippen LogP contribution in [0.1, 0.15) is 72.4 Å². The number of anilines is 2. The fraction of sp³-hybridized carbons (Fsp3) is 0.294. The predicted octanol–water partition coefficient (Wildman–Crippen LogP) is 8.20. The fourth-order valence-corrected chi connectivity index (χ4v) is 6.01. The Kier molecular flexibility index (Phi) is 7.51. The van der Waals surface area contributed by atoms with Crippen molar-refractivity contribution < 1.29 is 8.78 Å². The maximum Gasteiger partial charge on any atom is 0.127 e. The van der Waals surface area contributed by atoms with Crippen LogP contribution in [-0.4, -0.2) is 0 Å². The van der Waals surface area contributed by atoms with Crippen LogP contribution in [0.5, 0.6) is 0 Å². The fourth-order valence-electron chi connectivity index (χ4n) is 6.01. The third-order valence-electron chi connectivity index (χ3n) is 8.50. The van der Waals surface area contributed by atoms with Gasteiger partial charge < -0.3 is 11.5 Å². The Morgan fingerprint density at radius 2 is 1.08 bits per heavy atom. The van der Waals surface area contributed by atoms with Crippen LogP contribution in [0.3, 0.4) is 0 Å². The number of rotatable bonds is 7. The lowest BCUT2D eigenvalue weighted by atomic mass is 9.62. The van der Waals surface area contributed by atoms with Gasteiger partial charge >= 0.3 is 0 Å². The first-order chi connectivity index (χ1) is 18.4. The molecule has 0 aromatic heterocycles. The van der Waals surface area contributed by atoms with E-state index >= 15 is 8.78 Å². The Morgan fingerprint density at radius 3 is 1.45 bits per heavy atom. The molecule has 196 valence electrons. The average molecular weight is 511 g/mol. The summed E-state index contributed by atoms with van der Waals surface area (Å²) >= 11 is 0. The van der Waals surface area contributed by atoms with Gasteiger partial charge in [0.15, 0.2) is 0 Å². The monoisotopic (exact) mass is 510 g/mol. The number of nitrogen functional groups attached to an aromatic ring is 2.